The van der Waals surface area contributed by atoms with Gasteiger partial charge in [-0.15, -0.1) is 5.10 Å². The lowest BCUT2D eigenvalue weighted by Gasteiger charge is -2.14. The van der Waals surface area contributed by atoms with Crippen molar-refractivity contribution in [2.24, 2.45) is 5.73 Å². The molecule has 2 aromatic carbocycles. The summed E-state index contributed by atoms with van der Waals surface area (Å²) in [5.41, 5.74) is 9.89. The molecule has 188 valence electrons. The Morgan fingerprint density at radius 2 is 1.83 bits per heavy atom. The van der Waals surface area contributed by atoms with E-state index in [1.54, 1.807) is 48.0 Å². The van der Waals surface area contributed by atoms with E-state index in [1.165, 1.54) is 12.1 Å². The molecule has 4 N–H and O–H groups in total. The molecule has 4 rings (SSSR count). The first-order chi connectivity index (χ1) is 17.0. The number of fused-ring (bicyclic) bond motifs is 1. The Morgan fingerprint density at radius 3 is 2.53 bits per heavy atom. The normalized spacial score (nSPS) is 11.6. The van der Waals surface area contributed by atoms with E-state index in [9.17, 15) is 22.4 Å². The lowest BCUT2D eigenvalue weighted by Crippen LogP contribution is -2.13. The fourth-order valence-corrected chi connectivity index (χ4v) is 3.83. The third-order valence-corrected chi connectivity index (χ3v) is 5.67. The number of nitrogens with zero attached hydrogens (tertiary/aromatic N) is 3. The molecule has 0 aliphatic heterocycles. The van der Waals surface area contributed by atoms with Gasteiger partial charge in [0, 0.05) is 35.8 Å². The number of nitrogens with one attached hydrogen (secondary N) is 2. The van der Waals surface area contributed by atoms with Crippen LogP contribution in [0.5, 0.6) is 0 Å². The summed E-state index contributed by atoms with van der Waals surface area (Å²) in [5.74, 6) is -0.639. The van der Waals surface area contributed by atoms with Crippen LogP contribution in [-0.2, 0) is 0 Å². The minimum Gasteiger partial charge on any atom is -0.382 e. The van der Waals surface area contributed by atoms with Crippen LogP contribution < -0.4 is 16.4 Å². The number of hydrogen-bond donors (Lipinski definition) is 3. The number of carbonyl (C=O) groups is 1. The first-order valence-electron chi connectivity index (χ1n) is 11.2. The van der Waals surface area contributed by atoms with Crippen molar-refractivity contribution in [1.82, 2.24) is 14.6 Å². The van der Waals surface area contributed by atoms with Crippen molar-refractivity contribution in [3.63, 3.8) is 0 Å². The average molecular weight is 501 g/mol. The van der Waals surface area contributed by atoms with Crippen molar-refractivity contribution < 1.29 is 22.4 Å². The van der Waals surface area contributed by atoms with Gasteiger partial charge in [0.15, 0.2) is 11.5 Å². The molecular weight excluding hydrogens is 476 g/mol. The number of primary amides is 1. The molecule has 4 aromatic rings. The highest BCUT2D eigenvalue weighted by Gasteiger charge is 2.26. The zero-order chi connectivity index (χ0) is 26.0. The molecule has 0 spiro atoms. The van der Waals surface area contributed by atoms with Gasteiger partial charge in [0.1, 0.15) is 5.82 Å². The Kier molecular flexibility index (Phi) is 6.82. The van der Waals surface area contributed by atoms with Gasteiger partial charge in [-0.05, 0) is 55.7 Å². The highest BCUT2D eigenvalue weighted by molar-refractivity contribution is 5.95. The highest BCUT2D eigenvalue weighted by atomic mass is 19.4. The third kappa shape index (κ3) is 5.56. The molecule has 2 aromatic heterocycles. The summed E-state index contributed by atoms with van der Waals surface area (Å²) in [6.45, 7) is 3.63. The summed E-state index contributed by atoms with van der Waals surface area (Å²) in [4.78, 5) is 16.0. The van der Waals surface area contributed by atoms with Crippen LogP contribution in [0.25, 0.3) is 16.9 Å². The van der Waals surface area contributed by atoms with Gasteiger partial charge in [-0.3, -0.25) is 4.79 Å². The fraction of sp³-hybridized carbons (Fsp3) is 0.240. The maximum Gasteiger partial charge on any atom is 0.389 e. The number of halogens is 4. The molecule has 0 aliphatic carbocycles. The largest absolute Gasteiger partial charge is 0.389 e. The van der Waals surface area contributed by atoms with Crippen LogP contribution in [0.3, 0.4) is 0 Å². The number of aryl methyl sites for hydroxylation is 2. The van der Waals surface area contributed by atoms with Crippen LogP contribution in [0.2, 0.25) is 0 Å². The molecule has 36 heavy (non-hydrogen) atoms. The molecule has 0 atom stereocenters. The van der Waals surface area contributed by atoms with Gasteiger partial charge in [0.25, 0.3) is 0 Å². The van der Waals surface area contributed by atoms with Crippen LogP contribution in [0.1, 0.15) is 34.3 Å². The number of benzene rings is 2. The molecule has 0 aliphatic rings. The van der Waals surface area contributed by atoms with E-state index < -0.39 is 24.3 Å². The van der Waals surface area contributed by atoms with E-state index in [0.717, 1.165) is 5.56 Å². The van der Waals surface area contributed by atoms with Crippen LogP contribution in [0.15, 0.2) is 48.7 Å². The van der Waals surface area contributed by atoms with Gasteiger partial charge in [-0.25, -0.2) is 13.9 Å². The summed E-state index contributed by atoms with van der Waals surface area (Å²) in [5, 5.41) is 10.7. The molecule has 0 bridgehead atoms. The molecule has 0 saturated heterocycles. The monoisotopic (exact) mass is 500 g/mol. The quantitative estimate of drug-likeness (QED) is 0.211. The number of rotatable bonds is 8. The predicted molar refractivity (Wildman–Crippen MR) is 130 cm³/mol. The molecule has 0 unspecified atom stereocenters. The first kappa shape index (κ1) is 25.0. The standard InChI is InChI=1S/C25H24F4N6O/c1-14-4-6-17(26)11-19(14)33-22-12-20(31-9-3-8-25(27,28)29)24-32-13-21(35(24)34-22)16-5-7-18(23(30)36)15(2)10-16/h4-7,10-13,31H,3,8-9H2,1-2H3,(H2,30,36)(H,33,34). The number of hydrogen-bond acceptors (Lipinski definition) is 5. The summed E-state index contributed by atoms with van der Waals surface area (Å²) in [7, 11) is 0. The van der Waals surface area contributed by atoms with E-state index in [0.29, 0.717) is 45.2 Å². The highest BCUT2D eigenvalue weighted by Crippen LogP contribution is 2.29. The molecule has 0 radical (unpaired) electrons. The molecule has 0 saturated carbocycles. The Morgan fingerprint density at radius 1 is 1.06 bits per heavy atom. The first-order valence-corrected chi connectivity index (χ1v) is 11.2. The van der Waals surface area contributed by atoms with Crippen LogP contribution in [-0.4, -0.2) is 33.2 Å². The second-order valence-corrected chi connectivity index (χ2v) is 8.45. The Balaban J connectivity index is 1.76. The summed E-state index contributed by atoms with van der Waals surface area (Å²) in [6, 6.07) is 11.0. The molecule has 2 heterocycles. The van der Waals surface area contributed by atoms with Crippen molar-refractivity contribution in [3.05, 3.63) is 71.2 Å². The Labute approximate surface area is 204 Å². The van der Waals surface area contributed by atoms with Crippen molar-refractivity contribution in [2.75, 3.05) is 17.2 Å². The molecule has 11 heteroatoms. The van der Waals surface area contributed by atoms with Crippen molar-refractivity contribution in [1.29, 1.82) is 0 Å². The summed E-state index contributed by atoms with van der Waals surface area (Å²) in [6.07, 6.45) is -3.70. The third-order valence-electron chi connectivity index (χ3n) is 5.67. The SMILES string of the molecule is Cc1ccc(F)cc1Nc1cc(NCCCC(F)(F)F)c2ncc(-c3ccc(C(N)=O)c(C)c3)n2n1. The van der Waals surface area contributed by atoms with E-state index in [2.05, 4.69) is 20.7 Å². The predicted octanol–water partition coefficient (Wildman–Crippen LogP) is 5.75. The maximum absolute atomic E-state index is 13.8. The topological polar surface area (TPSA) is 97.3 Å². The average Bonchev–Trinajstić information content (AvgIpc) is 3.22. The number of imidazole rings is 1. The van der Waals surface area contributed by atoms with Gasteiger partial charge >= 0.3 is 6.18 Å². The van der Waals surface area contributed by atoms with E-state index in [1.807, 2.05) is 6.92 Å². The zero-order valence-corrected chi connectivity index (χ0v) is 19.6. The molecule has 0 fully saturated rings. The number of nitrogens with two attached hydrogens (primary N) is 1. The van der Waals surface area contributed by atoms with Gasteiger partial charge in [0.2, 0.25) is 5.91 Å². The maximum atomic E-state index is 13.8. The number of aromatic nitrogens is 3. The van der Waals surface area contributed by atoms with Crippen LogP contribution in [0.4, 0.5) is 34.8 Å². The van der Waals surface area contributed by atoms with Gasteiger partial charge in [-0.1, -0.05) is 12.1 Å². The van der Waals surface area contributed by atoms with Gasteiger partial charge < -0.3 is 16.4 Å². The number of alkyl halides is 3. The van der Waals surface area contributed by atoms with Crippen molar-refractivity contribution in [3.8, 4) is 11.3 Å². The molecule has 1 amide bonds. The van der Waals surface area contributed by atoms with Crippen LogP contribution >= 0.6 is 0 Å². The van der Waals surface area contributed by atoms with E-state index in [-0.39, 0.29) is 13.0 Å². The second-order valence-electron chi connectivity index (χ2n) is 8.45. The summed E-state index contributed by atoms with van der Waals surface area (Å²) < 4.78 is 53.1. The molecular formula is C25H24F4N6O. The summed E-state index contributed by atoms with van der Waals surface area (Å²) >= 11 is 0. The lowest BCUT2D eigenvalue weighted by atomic mass is 10.0. The lowest BCUT2D eigenvalue weighted by molar-refractivity contribution is -0.134. The van der Waals surface area contributed by atoms with Crippen molar-refractivity contribution >= 4 is 28.7 Å². The molecule has 7 nitrogen and oxygen atoms in total. The van der Waals surface area contributed by atoms with Crippen LogP contribution in [0, 0.1) is 19.7 Å². The minimum absolute atomic E-state index is 0.0617. The fourth-order valence-electron chi connectivity index (χ4n) is 3.83. The van der Waals surface area contributed by atoms with E-state index in [4.69, 9.17) is 5.73 Å². The minimum atomic E-state index is -4.24. The number of amides is 1. The zero-order valence-electron chi connectivity index (χ0n) is 19.6. The van der Waals surface area contributed by atoms with Crippen molar-refractivity contribution in [2.45, 2.75) is 32.9 Å². The Hall–Kier alpha value is -4.15. The number of carbonyl (C=O) groups excluding carboxylic acids is 1. The Bertz CT molecular complexity index is 1430. The van der Waals surface area contributed by atoms with Gasteiger partial charge in [-0.2, -0.15) is 13.2 Å². The second kappa shape index (κ2) is 9.84. The smallest absolute Gasteiger partial charge is 0.382 e. The van der Waals surface area contributed by atoms with E-state index >= 15 is 0 Å². The van der Waals surface area contributed by atoms with Gasteiger partial charge in [0.05, 0.1) is 17.6 Å². The number of anilines is 3.